The minimum absolute atomic E-state index is 0.629. The number of guanidine groups is 1. The highest BCUT2D eigenvalue weighted by molar-refractivity contribution is 5.85. The van der Waals surface area contributed by atoms with Gasteiger partial charge >= 0.3 is 0 Å². The molecule has 8 heteroatoms. The van der Waals surface area contributed by atoms with Crippen LogP contribution in [0.4, 0.5) is 0 Å². The first-order valence-electron chi connectivity index (χ1n) is 10.2. The number of rotatable bonds is 6. The van der Waals surface area contributed by atoms with E-state index in [1.165, 1.54) is 5.56 Å². The highest BCUT2D eigenvalue weighted by Gasteiger charge is 2.26. The van der Waals surface area contributed by atoms with Crippen LogP contribution >= 0.6 is 0 Å². The molecule has 1 aliphatic rings. The third-order valence-electron chi connectivity index (χ3n) is 5.58. The Bertz CT molecular complexity index is 1290. The predicted molar refractivity (Wildman–Crippen MR) is 123 cm³/mol. The number of H-pyrrole nitrogens is 2. The number of hydrogen-bond donors (Lipinski definition) is 5. The summed E-state index contributed by atoms with van der Waals surface area (Å²) in [6.07, 6.45) is 9.07. The van der Waals surface area contributed by atoms with E-state index in [9.17, 15) is 0 Å². The number of nitrogens with one attached hydrogen (secondary N) is 4. The third-order valence-corrected chi connectivity index (χ3v) is 5.58. The minimum atomic E-state index is -0.713. The van der Waals surface area contributed by atoms with Crippen LogP contribution in [0.5, 0.6) is 5.75 Å². The molecule has 8 nitrogen and oxygen atoms in total. The molecule has 1 atom stereocenters. The van der Waals surface area contributed by atoms with Gasteiger partial charge in [0.15, 0.2) is 5.96 Å². The Labute approximate surface area is 179 Å². The molecule has 0 saturated carbocycles. The van der Waals surface area contributed by atoms with E-state index in [0.29, 0.717) is 18.9 Å². The molecule has 1 unspecified atom stereocenters. The molecule has 5 rings (SSSR count). The normalized spacial score (nSPS) is 19.6. The number of nitrogens with two attached hydrogens (primary N) is 1. The zero-order valence-electron chi connectivity index (χ0n) is 17.3. The molecule has 2 aromatic carbocycles. The van der Waals surface area contributed by atoms with Crippen LogP contribution in [0.3, 0.4) is 0 Å². The van der Waals surface area contributed by atoms with E-state index < -0.39 is 5.66 Å². The number of methoxy groups -OCH3 is 1. The maximum absolute atomic E-state index is 6.61. The number of aromatic amines is 2. The second-order valence-electron chi connectivity index (χ2n) is 7.82. The molecule has 2 aromatic heterocycles. The highest BCUT2D eigenvalue weighted by atomic mass is 16.5. The number of hydrogen-bond acceptors (Lipinski definition) is 4. The summed E-state index contributed by atoms with van der Waals surface area (Å²) < 4.78 is 5.35. The topological polar surface area (TPSA) is 116 Å². The fourth-order valence-electron chi connectivity index (χ4n) is 3.98. The van der Waals surface area contributed by atoms with E-state index in [1.807, 2.05) is 42.9 Å². The van der Waals surface area contributed by atoms with E-state index in [4.69, 9.17) is 10.5 Å². The van der Waals surface area contributed by atoms with E-state index >= 15 is 0 Å². The van der Waals surface area contributed by atoms with Crippen molar-refractivity contribution in [3.63, 3.8) is 0 Å². The molecule has 1 aliphatic heterocycles. The molecule has 0 saturated heterocycles. The van der Waals surface area contributed by atoms with Crippen LogP contribution in [0.25, 0.3) is 21.8 Å². The van der Waals surface area contributed by atoms with E-state index in [-0.39, 0.29) is 0 Å². The molecule has 31 heavy (non-hydrogen) atoms. The van der Waals surface area contributed by atoms with Gasteiger partial charge < -0.3 is 26.1 Å². The molecule has 3 heterocycles. The molecule has 6 N–H and O–H groups in total. The van der Waals surface area contributed by atoms with Gasteiger partial charge in [0.2, 0.25) is 0 Å². The Morgan fingerprint density at radius 3 is 2.97 bits per heavy atom. The SMILES string of the molecule is COc1ccc2[nH]cc(CCN=C3NC=CC(N)(Cc4ccc5[nH]ncc5c4)N3)c2c1. The standard InChI is InChI=1S/C23H25N7O/c1-31-18-3-5-21-19(11-18)16(13-27-21)6-8-25-22-26-9-7-23(24,29-22)12-15-2-4-20-17(10-15)14-28-30-20/h2-5,7,9-11,13-14,27H,6,8,12,24H2,1H3,(H,28,30)(H2,25,26,29). The van der Waals surface area contributed by atoms with Crippen LogP contribution < -0.4 is 21.1 Å². The average Bonchev–Trinajstić information content (AvgIpc) is 3.39. The lowest BCUT2D eigenvalue weighted by molar-refractivity contribution is 0.415. The van der Waals surface area contributed by atoms with Crippen molar-refractivity contribution in [2.45, 2.75) is 18.5 Å². The lowest BCUT2D eigenvalue weighted by Crippen LogP contribution is -2.61. The van der Waals surface area contributed by atoms with Gasteiger partial charge in [0.1, 0.15) is 11.4 Å². The van der Waals surface area contributed by atoms with Gasteiger partial charge in [-0.25, -0.2) is 0 Å². The summed E-state index contributed by atoms with van der Waals surface area (Å²) in [6.45, 7) is 0.629. The number of ether oxygens (including phenoxy) is 1. The lowest BCUT2D eigenvalue weighted by Gasteiger charge is -2.32. The van der Waals surface area contributed by atoms with Crippen molar-refractivity contribution >= 4 is 27.8 Å². The minimum Gasteiger partial charge on any atom is -0.497 e. The summed E-state index contributed by atoms with van der Waals surface area (Å²) in [4.78, 5) is 8.00. The molecule has 158 valence electrons. The van der Waals surface area contributed by atoms with Crippen LogP contribution in [-0.4, -0.2) is 40.5 Å². The number of nitrogens with zero attached hydrogens (tertiary/aromatic N) is 2. The maximum Gasteiger partial charge on any atom is 0.197 e. The van der Waals surface area contributed by atoms with Gasteiger partial charge in [-0.05, 0) is 54.0 Å². The van der Waals surface area contributed by atoms with Crippen LogP contribution in [0.15, 0.2) is 66.1 Å². The summed E-state index contributed by atoms with van der Waals surface area (Å²) in [5, 5.41) is 15.8. The summed E-state index contributed by atoms with van der Waals surface area (Å²) in [7, 11) is 1.68. The second kappa shape index (κ2) is 7.81. The van der Waals surface area contributed by atoms with Gasteiger partial charge in [-0.2, -0.15) is 5.10 Å². The average molecular weight is 416 g/mol. The summed E-state index contributed by atoms with van der Waals surface area (Å²) in [5.41, 5.74) is 10.3. The Balaban J connectivity index is 1.26. The van der Waals surface area contributed by atoms with Gasteiger partial charge in [0.05, 0.1) is 18.8 Å². The van der Waals surface area contributed by atoms with Crippen molar-refractivity contribution in [3.8, 4) is 5.75 Å². The lowest BCUT2D eigenvalue weighted by atomic mass is 9.98. The first-order chi connectivity index (χ1) is 15.1. The first kappa shape index (κ1) is 19.2. The third kappa shape index (κ3) is 3.97. The quantitative estimate of drug-likeness (QED) is 0.332. The predicted octanol–water partition coefficient (Wildman–Crippen LogP) is 2.56. The molecule has 0 fully saturated rings. The number of aliphatic imine (C=N–C) groups is 1. The molecule has 0 spiro atoms. The molecule has 0 radical (unpaired) electrons. The molecular weight excluding hydrogens is 390 g/mol. The zero-order valence-corrected chi connectivity index (χ0v) is 17.3. The summed E-state index contributed by atoms with van der Waals surface area (Å²) in [6, 6.07) is 12.2. The molecule has 0 aliphatic carbocycles. The van der Waals surface area contributed by atoms with Crippen molar-refractivity contribution in [1.82, 2.24) is 25.8 Å². The van der Waals surface area contributed by atoms with Gasteiger partial charge in [0.25, 0.3) is 0 Å². The maximum atomic E-state index is 6.61. The van der Waals surface area contributed by atoms with E-state index in [1.54, 1.807) is 7.11 Å². The van der Waals surface area contributed by atoms with Crippen LogP contribution in [0.1, 0.15) is 11.1 Å². The van der Waals surface area contributed by atoms with Crippen LogP contribution in [0, 0.1) is 0 Å². The monoisotopic (exact) mass is 415 g/mol. The van der Waals surface area contributed by atoms with Gasteiger partial charge in [-0.15, -0.1) is 0 Å². The smallest absolute Gasteiger partial charge is 0.197 e. The van der Waals surface area contributed by atoms with Crippen molar-refractivity contribution < 1.29 is 4.74 Å². The Kier molecular flexibility index (Phi) is 4.83. The van der Waals surface area contributed by atoms with Gasteiger partial charge in [-0.3, -0.25) is 10.1 Å². The van der Waals surface area contributed by atoms with E-state index in [0.717, 1.165) is 39.5 Å². The van der Waals surface area contributed by atoms with Crippen molar-refractivity contribution in [2.75, 3.05) is 13.7 Å². The molecule has 0 bridgehead atoms. The van der Waals surface area contributed by atoms with Gasteiger partial charge in [0, 0.05) is 41.7 Å². The number of benzene rings is 2. The zero-order chi connectivity index (χ0) is 21.3. The highest BCUT2D eigenvalue weighted by Crippen LogP contribution is 2.24. The Morgan fingerprint density at radius 2 is 2.06 bits per heavy atom. The second-order valence-corrected chi connectivity index (χ2v) is 7.82. The molecule has 4 aromatic rings. The van der Waals surface area contributed by atoms with Crippen LogP contribution in [0.2, 0.25) is 0 Å². The number of fused-ring (bicyclic) bond motifs is 2. The van der Waals surface area contributed by atoms with Crippen molar-refractivity contribution in [1.29, 1.82) is 0 Å². The Hall–Kier alpha value is -3.78. The summed E-state index contributed by atoms with van der Waals surface area (Å²) in [5.74, 6) is 1.52. The number of aromatic nitrogens is 3. The largest absolute Gasteiger partial charge is 0.497 e. The Morgan fingerprint density at radius 1 is 1.16 bits per heavy atom. The van der Waals surface area contributed by atoms with Gasteiger partial charge in [-0.1, -0.05) is 6.07 Å². The van der Waals surface area contributed by atoms with Crippen LogP contribution in [-0.2, 0) is 12.8 Å². The first-order valence-corrected chi connectivity index (χ1v) is 10.2. The summed E-state index contributed by atoms with van der Waals surface area (Å²) >= 11 is 0. The van der Waals surface area contributed by atoms with Crippen molar-refractivity contribution in [3.05, 3.63) is 72.2 Å². The molecule has 0 amide bonds. The fourth-order valence-corrected chi connectivity index (χ4v) is 3.98. The van der Waals surface area contributed by atoms with E-state index in [2.05, 4.69) is 49.0 Å². The fraction of sp³-hybridized carbons (Fsp3) is 0.217. The van der Waals surface area contributed by atoms with Crippen molar-refractivity contribution in [2.24, 2.45) is 10.7 Å². The molecular formula is C23H25N7O.